The van der Waals surface area contributed by atoms with Gasteiger partial charge >= 0.3 is 6.03 Å². The Labute approximate surface area is 328 Å². The molecule has 2 aliphatic heterocycles. The molecule has 2 aliphatic rings. The number of hydrogen-bond donors (Lipinski definition) is 3. The quantitative estimate of drug-likeness (QED) is 0.118. The topological polar surface area (TPSA) is 163 Å². The highest BCUT2D eigenvalue weighted by atomic mass is 35.5. The Kier molecular flexibility index (Phi) is 10.7. The van der Waals surface area contributed by atoms with Gasteiger partial charge in [-0.2, -0.15) is 0 Å². The van der Waals surface area contributed by atoms with Crippen LogP contribution in [0.1, 0.15) is 39.3 Å². The maximum atomic E-state index is 15.2. The molecule has 13 nitrogen and oxygen atoms in total. The summed E-state index contributed by atoms with van der Waals surface area (Å²) in [5.41, 5.74) is 2.25. The number of sulfone groups is 1. The first kappa shape index (κ1) is 38.3. The van der Waals surface area contributed by atoms with Crippen molar-refractivity contribution in [3.63, 3.8) is 0 Å². The number of para-hydroxylation sites is 1. The molecule has 0 spiro atoms. The van der Waals surface area contributed by atoms with E-state index in [-0.39, 0.29) is 48.0 Å². The molecule has 0 radical (unpaired) electrons. The molecular weight excluding hydrogens is 756 g/mol. The smallest absolute Gasteiger partial charge is 0.334 e. The third kappa shape index (κ3) is 7.26. The standard InChI is InChI=1S/C41H39ClN6O7S/c1-3-20-45-25-37(51)47-35(21-27-12-16-30(50)17-13-27)39(52)46(24-36(47)48(45)41(53)44-22-28-8-5-4-6-9-28)40(56(54,55)31-18-14-29(42)15-19-31)33-11-7-10-32-34(26(2)49)23-43-38(32)33/h3-19,23,35-36,40,43,50H,1,20-22,24-25H2,2H3,(H,44,53). The summed E-state index contributed by atoms with van der Waals surface area (Å²) in [6, 6.07) is 24.0. The number of aromatic nitrogens is 1. The number of carbonyl (C=O) groups excluding carboxylic acids is 4. The fourth-order valence-corrected chi connectivity index (χ4v) is 9.47. The van der Waals surface area contributed by atoms with E-state index in [9.17, 15) is 19.5 Å². The minimum Gasteiger partial charge on any atom is -0.508 e. The monoisotopic (exact) mass is 794 g/mol. The molecule has 3 heterocycles. The van der Waals surface area contributed by atoms with Crippen molar-refractivity contribution >= 4 is 56.0 Å². The molecular formula is C41H39ClN6O7S. The molecule has 3 atom stereocenters. The second kappa shape index (κ2) is 15.6. The summed E-state index contributed by atoms with van der Waals surface area (Å²) >= 11 is 6.18. The Bertz CT molecular complexity index is 2420. The summed E-state index contributed by atoms with van der Waals surface area (Å²) in [6.07, 6.45) is 1.81. The Morgan fingerprint density at radius 1 is 0.982 bits per heavy atom. The van der Waals surface area contributed by atoms with Crippen LogP contribution in [0, 0.1) is 0 Å². The molecule has 3 unspecified atom stereocenters. The minimum absolute atomic E-state index is 0.00306. The molecule has 0 bridgehead atoms. The highest BCUT2D eigenvalue weighted by Gasteiger charge is 2.54. The number of ketones is 1. The molecule has 56 heavy (non-hydrogen) atoms. The van der Waals surface area contributed by atoms with Crippen LogP contribution in [0.4, 0.5) is 4.79 Å². The number of nitrogens with zero attached hydrogens (tertiary/aromatic N) is 4. The Hall–Kier alpha value is -5.96. The van der Waals surface area contributed by atoms with E-state index >= 15 is 13.2 Å². The fraction of sp³-hybridized carbons (Fsp3) is 0.220. The zero-order valence-corrected chi connectivity index (χ0v) is 31.9. The van der Waals surface area contributed by atoms with Crippen molar-refractivity contribution in [2.45, 2.75) is 42.4 Å². The van der Waals surface area contributed by atoms with E-state index in [2.05, 4.69) is 16.9 Å². The molecule has 2 fully saturated rings. The summed E-state index contributed by atoms with van der Waals surface area (Å²) in [6.45, 7) is 4.81. The third-order valence-corrected chi connectivity index (χ3v) is 12.4. The number of aromatic amines is 1. The van der Waals surface area contributed by atoms with Gasteiger partial charge in [0.05, 0.1) is 23.5 Å². The fourth-order valence-electron chi connectivity index (χ4n) is 7.51. The first-order valence-corrected chi connectivity index (χ1v) is 19.8. The molecule has 4 amide bonds. The number of halogens is 1. The van der Waals surface area contributed by atoms with Crippen molar-refractivity contribution in [1.29, 1.82) is 0 Å². The summed E-state index contributed by atoms with van der Waals surface area (Å²) < 4.78 is 30.2. The van der Waals surface area contributed by atoms with Crippen molar-refractivity contribution < 1.29 is 32.7 Å². The SMILES string of the molecule is C=CCN1CC(=O)N2C(Cc3ccc(O)cc3)C(=O)N(C(c3cccc4c(C(C)=O)c[nH]c34)S(=O)(=O)c3ccc(Cl)cc3)CC2N1C(=O)NCc1ccccc1. The number of rotatable bonds is 11. The van der Waals surface area contributed by atoms with E-state index in [0.29, 0.717) is 27.1 Å². The van der Waals surface area contributed by atoms with Crippen molar-refractivity contribution in [2.24, 2.45) is 0 Å². The van der Waals surface area contributed by atoms with Gasteiger partial charge in [-0.3, -0.25) is 14.4 Å². The van der Waals surface area contributed by atoms with E-state index in [1.807, 2.05) is 30.3 Å². The second-order valence-electron chi connectivity index (χ2n) is 13.7. The number of carbonyl (C=O) groups is 4. The number of amides is 4. The predicted molar refractivity (Wildman–Crippen MR) is 210 cm³/mol. The van der Waals surface area contributed by atoms with Gasteiger partial charge in [0, 0.05) is 47.2 Å². The number of benzene rings is 4. The maximum absolute atomic E-state index is 15.2. The summed E-state index contributed by atoms with van der Waals surface area (Å²) in [7, 11) is -4.51. The van der Waals surface area contributed by atoms with Gasteiger partial charge < -0.3 is 25.2 Å². The summed E-state index contributed by atoms with van der Waals surface area (Å²) in [5.74, 6) is -1.38. The second-order valence-corrected chi connectivity index (χ2v) is 16.1. The Balaban J connectivity index is 1.41. The van der Waals surface area contributed by atoms with Crippen molar-refractivity contribution in [2.75, 3.05) is 19.6 Å². The highest BCUT2D eigenvalue weighted by molar-refractivity contribution is 7.91. The maximum Gasteiger partial charge on any atom is 0.334 e. The first-order valence-electron chi connectivity index (χ1n) is 17.9. The van der Waals surface area contributed by atoms with Crippen LogP contribution in [0.15, 0.2) is 121 Å². The van der Waals surface area contributed by atoms with Gasteiger partial charge in [0.25, 0.3) is 0 Å². The Morgan fingerprint density at radius 3 is 2.38 bits per heavy atom. The molecule has 4 aromatic carbocycles. The third-order valence-electron chi connectivity index (χ3n) is 10.1. The van der Waals surface area contributed by atoms with Crippen molar-refractivity contribution in [3.8, 4) is 5.75 Å². The van der Waals surface area contributed by atoms with E-state index < -0.39 is 51.8 Å². The van der Waals surface area contributed by atoms with Crippen LogP contribution in [-0.4, -0.2) is 93.8 Å². The van der Waals surface area contributed by atoms with Crippen LogP contribution < -0.4 is 5.32 Å². The number of piperazine rings is 1. The van der Waals surface area contributed by atoms with Crippen molar-refractivity contribution in [3.05, 3.63) is 143 Å². The number of urea groups is 1. The number of aromatic hydroxyl groups is 1. The average molecular weight is 795 g/mol. The molecule has 7 rings (SSSR count). The molecule has 1 aromatic heterocycles. The lowest BCUT2D eigenvalue weighted by Crippen LogP contribution is -2.77. The van der Waals surface area contributed by atoms with Crippen LogP contribution in [0.5, 0.6) is 5.75 Å². The van der Waals surface area contributed by atoms with Gasteiger partial charge in [-0.05, 0) is 54.4 Å². The summed E-state index contributed by atoms with van der Waals surface area (Å²) in [5, 5.41) is 14.9. The highest BCUT2D eigenvalue weighted by Crippen LogP contribution is 2.41. The Morgan fingerprint density at radius 2 is 1.70 bits per heavy atom. The zero-order valence-electron chi connectivity index (χ0n) is 30.3. The number of phenolic OH excluding ortho intramolecular Hbond substituents is 1. The van der Waals surface area contributed by atoms with E-state index in [1.54, 1.807) is 36.4 Å². The molecule has 5 aromatic rings. The number of hydrogen-bond acceptors (Lipinski definition) is 8. The first-order chi connectivity index (χ1) is 26.9. The van der Waals surface area contributed by atoms with Crippen LogP contribution in [0.25, 0.3) is 10.9 Å². The summed E-state index contributed by atoms with van der Waals surface area (Å²) in [4.78, 5) is 61.9. The van der Waals surface area contributed by atoms with Gasteiger partial charge in [-0.25, -0.2) is 23.2 Å². The van der Waals surface area contributed by atoms with Gasteiger partial charge in [0.2, 0.25) is 21.7 Å². The molecule has 288 valence electrons. The van der Waals surface area contributed by atoms with Crippen LogP contribution in [0.3, 0.4) is 0 Å². The number of phenols is 1. The van der Waals surface area contributed by atoms with Gasteiger partial charge in [-0.15, -0.1) is 6.58 Å². The number of nitrogens with one attached hydrogen (secondary N) is 2. The lowest BCUT2D eigenvalue weighted by atomic mass is 9.97. The van der Waals surface area contributed by atoms with Crippen LogP contribution in [-0.2, 0) is 32.4 Å². The molecule has 0 saturated carbocycles. The average Bonchev–Trinajstić information content (AvgIpc) is 3.63. The van der Waals surface area contributed by atoms with Gasteiger partial charge in [-0.1, -0.05) is 78.3 Å². The minimum atomic E-state index is -4.51. The number of Topliss-reactive ketones (excluding diaryl/α,β-unsaturated/α-hetero) is 1. The normalized spacial score (nSPS) is 18.1. The lowest BCUT2D eigenvalue weighted by molar-refractivity contribution is -0.189. The van der Waals surface area contributed by atoms with Gasteiger partial charge in [0.1, 0.15) is 18.0 Å². The number of H-pyrrole nitrogens is 1. The van der Waals surface area contributed by atoms with Crippen LogP contribution >= 0.6 is 11.6 Å². The number of fused-ring (bicyclic) bond motifs is 2. The molecule has 2 saturated heterocycles. The zero-order chi connectivity index (χ0) is 39.7. The van der Waals surface area contributed by atoms with E-state index in [0.717, 1.165) is 5.56 Å². The predicted octanol–water partition coefficient (Wildman–Crippen LogP) is 5.44. The van der Waals surface area contributed by atoms with Crippen LogP contribution in [0.2, 0.25) is 5.02 Å². The molecule has 15 heteroatoms. The lowest BCUT2D eigenvalue weighted by Gasteiger charge is -2.56. The largest absolute Gasteiger partial charge is 0.508 e. The van der Waals surface area contributed by atoms with E-state index in [4.69, 9.17) is 11.6 Å². The van der Waals surface area contributed by atoms with E-state index in [1.165, 1.54) is 69.3 Å². The number of hydrazine groups is 1. The molecule has 3 N–H and O–H groups in total. The molecule has 0 aliphatic carbocycles. The van der Waals surface area contributed by atoms with Gasteiger partial charge in [0.15, 0.2) is 11.2 Å². The van der Waals surface area contributed by atoms with Crippen molar-refractivity contribution in [1.82, 2.24) is 30.1 Å².